The summed E-state index contributed by atoms with van der Waals surface area (Å²) in [4.78, 5) is 28.1. The van der Waals surface area contributed by atoms with Gasteiger partial charge in [0.25, 0.3) is 5.91 Å². The fourth-order valence-electron chi connectivity index (χ4n) is 3.38. The predicted molar refractivity (Wildman–Crippen MR) is 111 cm³/mol. The maximum absolute atomic E-state index is 13.9. The van der Waals surface area contributed by atoms with E-state index in [2.05, 4.69) is 5.32 Å². The van der Waals surface area contributed by atoms with Crippen LogP contribution in [0.25, 0.3) is 0 Å². The second-order valence-corrected chi connectivity index (χ2v) is 7.75. The molecule has 0 saturated carbocycles. The molecule has 29 heavy (non-hydrogen) atoms. The van der Waals surface area contributed by atoms with Gasteiger partial charge in [-0.2, -0.15) is 0 Å². The molecule has 0 atom stereocenters. The van der Waals surface area contributed by atoms with E-state index in [1.54, 1.807) is 36.2 Å². The van der Waals surface area contributed by atoms with Crippen LogP contribution < -0.4 is 5.32 Å². The monoisotopic (exact) mass is 417 g/mol. The maximum atomic E-state index is 13.9. The summed E-state index contributed by atoms with van der Waals surface area (Å²) in [5.41, 5.74) is 1.96. The van der Waals surface area contributed by atoms with E-state index in [0.29, 0.717) is 22.7 Å². The van der Waals surface area contributed by atoms with Crippen LogP contribution >= 0.6 is 11.6 Å². The molecule has 0 aliphatic carbocycles. The van der Waals surface area contributed by atoms with Crippen LogP contribution in [0.3, 0.4) is 0 Å². The van der Waals surface area contributed by atoms with Crippen molar-refractivity contribution in [3.63, 3.8) is 0 Å². The average molecular weight is 418 g/mol. The number of amides is 2. The van der Waals surface area contributed by atoms with Crippen LogP contribution in [0, 0.1) is 5.82 Å². The lowest BCUT2D eigenvalue weighted by molar-refractivity contribution is -0.122. The molecule has 1 N–H and O–H groups in total. The predicted octanol–water partition coefficient (Wildman–Crippen LogP) is 3.46. The standard InChI is InChI=1S/C22H25ClFN3O2/c1-26(14-18-19(23)5-4-6-20(18)24)15-21(28)25-13-16-7-9-17(10-8-16)22(29)27-11-2-3-12-27/h4-10H,2-3,11-15H2,1H3,(H,25,28). The molecule has 2 amide bonds. The molecule has 1 heterocycles. The zero-order valence-corrected chi connectivity index (χ0v) is 17.2. The van der Waals surface area contributed by atoms with Crippen molar-refractivity contribution in [3.05, 3.63) is 70.0 Å². The van der Waals surface area contributed by atoms with E-state index >= 15 is 0 Å². The number of nitrogens with zero attached hydrogens (tertiary/aromatic N) is 2. The molecule has 0 bridgehead atoms. The van der Waals surface area contributed by atoms with Crippen molar-refractivity contribution in [2.75, 3.05) is 26.7 Å². The number of halogens is 2. The van der Waals surface area contributed by atoms with Gasteiger partial charge < -0.3 is 10.2 Å². The van der Waals surface area contributed by atoms with Crippen molar-refractivity contribution in [1.29, 1.82) is 0 Å². The van der Waals surface area contributed by atoms with Crippen LogP contribution in [-0.2, 0) is 17.9 Å². The number of rotatable bonds is 7. The van der Waals surface area contributed by atoms with Crippen LogP contribution in [-0.4, -0.2) is 48.3 Å². The second-order valence-electron chi connectivity index (χ2n) is 7.35. The molecular weight excluding hydrogens is 393 g/mol. The first-order chi connectivity index (χ1) is 13.9. The largest absolute Gasteiger partial charge is 0.351 e. The number of carbonyl (C=O) groups excluding carboxylic acids is 2. The van der Waals surface area contributed by atoms with Gasteiger partial charge in [-0.25, -0.2) is 4.39 Å². The van der Waals surface area contributed by atoms with E-state index in [1.807, 2.05) is 17.0 Å². The van der Waals surface area contributed by atoms with E-state index in [0.717, 1.165) is 31.5 Å². The van der Waals surface area contributed by atoms with Crippen molar-refractivity contribution >= 4 is 23.4 Å². The topological polar surface area (TPSA) is 52.7 Å². The van der Waals surface area contributed by atoms with Crippen LogP contribution in [0.5, 0.6) is 0 Å². The zero-order valence-electron chi connectivity index (χ0n) is 16.5. The Hall–Kier alpha value is -2.44. The minimum atomic E-state index is -0.381. The first-order valence-corrected chi connectivity index (χ1v) is 10.1. The van der Waals surface area contributed by atoms with Gasteiger partial charge in [-0.05, 0) is 49.7 Å². The summed E-state index contributed by atoms with van der Waals surface area (Å²) in [6.45, 7) is 2.37. The molecule has 0 aromatic heterocycles. The highest BCUT2D eigenvalue weighted by Gasteiger charge is 2.19. The van der Waals surface area contributed by atoms with Crippen LogP contribution in [0.1, 0.15) is 34.3 Å². The lowest BCUT2D eigenvalue weighted by Crippen LogP contribution is -2.34. The SMILES string of the molecule is CN(CC(=O)NCc1ccc(C(=O)N2CCCC2)cc1)Cc1c(F)cccc1Cl. The number of likely N-dealkylation sites (tertiary alicyclic amines) is 1. The summed E-state index contributed by atoms with van der Waals surface area (Å²) in [6.07, 6.45) is 2.13. The second kappa shape index (κ2) is 9.85. The molecule has 0 unspecified atom stereocenters. The lowest BCUT2D eigenvalue weighted by Gasteiger charge is -2.18. The number of carbonyl (C=O) groups is 2. The highest BCUT2D eigenvalue weighted by Crippen LogP contribution is 2.20. The summed E-state index contributed by atoms with van der Waals surface area (Å²) in [5, 5.41) is 3.19. The van der Waals surface area contributed by atoms with Crippen molar-refractivity contribution < 1.29 is 14.0 Å². The van der Waals surface area contributed by atoms with Gasteiger partial charge >= 0.3 is 0 Å². The minimum absolute atomic E-state index is 0.0616. The summed E-state index contributed by atoms with van der Waals surface area (Å²) in [7, 11) is 1.74. The smallest absolute Gasteiger partial charge is 0.253 e. The third-order valence-corrected chi connectivity index (χ3v) is 5.34. The average Bonchev–Trinajstić information content (AvgIpc) is 3.24. The number of hydrogen-bond donors (Lipinski definition) is 1. The highest BCUT2D eigenvalue weighted by molar-refractivity contribution is 6.31. The number of benzene rings is 2. The molecular formula is C22H25ClFN3O2. The van der Waals surface area contributed by atoms with Crippen LogP contribution in [0.15, 0.2) is 42.5 Å². The Morgan fingerprint density at radius 3 is 2.48 bits per heavy atom. The zero-order chi connectivity index (χ0) is 20.8. The first kappa shape index (κ1) is 21.3. The molecule has 0 spiro atoms. The molecule has 1 aliphatic heterocycles. The molecule has 2 aromatic carbocycles. The van der Waals surface area contributed by atoms with E-state index in [4.69, 9.17) is 11.6 Å². The Bertz CT molecular complexity index is 847. The Balaban J connectivity index is 1.47. The number of likely N-dealkylation sites (N-methyl/N-ethyl adjacent to an activating group) is 1. The summed E-state index contributed by atoms with van der Waals surface area (Å²) < 4.78 is 13.9. The summed E-state index contributed by atoms with van der Waals surface area (Å²) >= 11 is 6.03. The highest BCUT2D eigenvalue weighted by atomic mass is 35.5. The van der Waals surface area contributed by atoms with Crippen molar-refractivity contribution in [3.8, 4) is 0 Å². The molecule has 5 nitrogen and oxygen atoms in total. The first-order valence-electron chi connectivity index (χ1n) is 9.70. The molecule has 1 saturated heterocycles. The summed E-state index contributed by atoms with van der Waals surface area (Å²) in [5.74, 6) is -0.489. The van der Waals surface area contributed by atoms with Crippen LogP contribution in [0.2, 0.25) is 5.02 Å². The molecule has 1 aliphatic rings. The van der Waals surface area contributed by atoms with Crippen molar-refractivity contribution in [1.82, 2.24) is 15.1 Å². The van der Waals surface area contributed by atoms with Gasteiger partial charge in [-0.15, -0.1) is 0 Å². The van der Waals surface area contributed by atoms with Crippen molar-refractivity contribution in [2.24, 2.45) is 0 Å². The third-order valence-electron chi connectivity index (χ3n) is 4.99. The quantitative estimate of drug-likeness (QED) is 0.750. The molecule has 7 heteroatoms. The van der Waals surface area contributed by atoms with Crippen molar-refractivity contribution in [2.45, 2.75) is 25.9 Å². The Morgan fingerprint density at radius 1 is 1.14 bits per heavy atom. The Kier molecular flexibility index (Phi) is 7.23. The minimum Gasteiger partial charge on any atom is -0.351 e. The normalized spacial score (nSPS) is 13.7. The Morgan fingerprint density at radius 2 is 1.83 bits per heavy atom. The van der Waals surface area contributed by atoms with Gasteiger partial charge in [-0.1, -0.05) is 29.8 Å². The van der Waals surface area contributed by atoms with Gasteiger partial charge in [0.1, 0.15) is 5.82 Å². The van der Waals surface area contributed by atoms with Gasteiger partial charge in [0, 0.05) is 42.3 Å². The van der Waals surface area contributed by atoms with E-state index in [9.17, 15) is 14.0 Å². The molecule has 154 valence electrons. The fraction of sp³-hybridized carbons (Fsp3) is 0.364. The van der Waals surface area contributed by atoms with E-state index in [1.165, 1.54) is 6.07 Å². The summed E-state index contributed by atoms with van der Waals surface area (Å²) in [6, 6.07) is 11.8. The van der Waals surface area contributed by atoms with Crippen LogP contribution in [0.4, 0.5) is 4.39 Å². The van der Waals surface area contributed by atoms with Gasteiger partial charge in [0.05, 0.1) is 6.54 Å². The third kappa shape index (κ3) is 5.78. The Labute approximate surface area is 175 Å². The van der Waals surface area contributed by atoms with Gasteiger partial charge in [0.15, 0.2) is 0 Å². The molecule has 2 aromatic rings. The maximum Gasteiger partial charge on any atom is 0.253 e. The van der Waals surface area contributed by atoms with E-state index < -0.39 is 0 Å². The number of nitrogens with one attached hydrogen (secondary N) is 1. The molecule has 1 fully saturated rings. The van der Waals surface area contributed by atoms with Gasteiger partial charge in [0.2, 0.25) is 5.91 Å². The lowest BCUT2D eigenvalue weighted by atomic mass is 10.1. The van der Waals surface area contributed by atoms with E-state index in [-0.39, 0.29) is 30.7 Å². The van der Waals surface area contributed by atoms with Gasteiger partial charge in [-0.3, -0.25) is 14.5 Å². The fourth-order valence-corrected chi connectivity index (χ4v) is 3.60. The number of hydrogen-bond acceptors (Lipinski definition) is 3. The molecule has 3 rings (SSSR count). The molecule has 0 radical (unpaired) electrons.